The van der Waals surface area contributed by atoms with Crippen LogP contribution in [0.5, 0.6) is 5.75 Å². The smallest absolute Gasteiger partial charge is 0.119 e. The Labute approximate surface area is 141 Å². The molecular formula is C20H33NO2. The van der Waals surface area contributed by atoms with Gasteiger partial charge in [0.1, 0.15) is 5.75 Å². The van der Waals surface area contributed by atoms with Crippen molar-refractivity contribution < 1.29 is 9.84 Å². The Balaban J connectivity index is 1.85. The normalized spacial score (nSPS) is 19.9. The van der Waals surface area contributed by atoms with E-state index in [0.717, 1.165) is 17.7 Å². The van der Waals surface area contributed by atoms with Crippen molar-refractivity contribution in [2.24, 2.45) is 0 Å². The molecule has 1 aromatic rings. The molecule has 3 heteroatoms. The molecule has 0 aliphatic carbocycles. The molecule has 1 N–H and O–H groups in total. The number of hydrogen-bond acceptors (Lipinski definition) is 3. The van der Waals surface area contributed by atoms with Crippen LogP contribution in [0.3, 0.4) is 0 Å². The maximum atomic E-state index is 10.6. The lowest BCUT2D eigenvalue weighted by atomic mass is 10.00. The molecule has 0 amide bonds. The SMILES string of the molecule is CCCCCCN1CCCC1CC(O)c1cccc(OCC)c1. The van der Waals surface area contributed by atoms with Crippen LogP contribution < -0.4 is 4.74 Å². The van der Waals surface area contributed by atoms with Gasteiger partial charge in [0.05, 0.1) is 12.7 Å². The third-order valence-electron chi connectivity index (χ3n) is 4.85. The summed E-state index contributed by atoms with van der Waals surface area (Å²) in [6.07, 6.45) is 8.18. The van der Waals surface area contributed by atoms with Crippen LogP contribution in [0.1, 0.15) is 70.5 Å². The topological polar surface area (TPSA) is 32.7 Å². The van der Waals surface area contributed by atoms with E-state index in [2.05, 4.69) is 11.8 Å². The summed E-state index contributed by atoms with van der Waals surface area (Å²) in [4.78, 5) is 2.59. The molecule has 2 atom stereocenters. The number of hydrogen-bond donors (Lipinski definition) is 1. The Morgan fingerprint density at radius 3 is 2.91 bits per heavy atom. The predicted molar refractivity (Wildman–Crippen MR) is 95.9 cm³/mol. The van der Waals surface area contributed by atoms with Gasteiger partial charge in [-0.2, -0.15) is 0 Å². The molecule has 0 spiro atoms. The third kappa shape index (κ3) is 5.82. The van der Waals surface area contributed by atoms with Crippen LogP contribution in [0.25, 0.3) is 0 Å². The molecular weight excluding hydrogens is 286 g/mol. The fourth-order valence-electron chi connectivity index (χ4n) is 3.57. The van der Waals surface area contributed by atoms with Crippen molar-refractivity contribution in [2.45, 2.75) is 70.9 Å². The van der Waals surface area contributed by atoms with Gasteiger partial charge in [-0.25, -0.2) is 0 Å². The molecule has 1 fully saturated rings. The lowest BCUT2D eigenvalue weighted by molar-refractivity contribution is 0.119. The minimum absolute atomic E-state index is 0.392. The molecule has 1 aliphatic heterocycles. The van der Waals surface area contributed by atoms with Gasteiger partial charge < -0.3 is 14.7 Å². The molecule has 0 radical (unpaired) electrons. The maximum Gasteiger partial charge on any atom is 0.119 e. The molecule has 0 aromatic heterocycles. The van der Waals surface area contributed by atoms with Crippen LogP contribution in [0, 0.1) is 0 Å². The van der Waals surface area contributed by atoms with Crippen LogP contribution in [-0.4, -0.2) is 35.7 Å². The molecule has 23 heavy (non-hydrogen) atoms. The molecule has 1 saturated heterocycles. The van der Waals surface area contributed by atoms with Crippen molar-refractivity contribution in [2.75, 3.05) is 19.7 Å². The predicted octanol–water partition coefficient (Wildman–Crippen LogP) is 4.55. The number of aliphatic hydroxyl groups is 1. The van der Waals surface area contributed by atoms with Crippen molar-refractivity contribution in [1.29, 1.82) is 0 Å². The highest BCUT2D eigenvalue weighted by molar-refractivity contribution is 5.30. The summed E-state index contributed by atoms with van der Waals surface area (Å²) in [6.45, 7) is 7.29. The van der Waals surface area contributed by atoms with E-state index in [1.54, 1.807) is 0 Å². The van der Waals surface area contributed by atoms with Gasteiger partial charge in [0.2, 0.25) is 0 Å². The summed E-state index contributed by atoms with van der Waals surface area (Å²) in [7, 11) is 0. The average Bonchev–Trinajstić information content (AvgIpc) is 2.99. The Bertz CT molecular complexity index is 449. The fraction of sp³-hybridized carbons (Fsp3) is 0.700. The number of ether oxygens (including phenoxy) is 1. The monoisotopic (exact) mass is 319 g/mol. The molecule has 1 aromatic carbocycles. The van der Waals surface area contributed by atoms with Crippen LogP contribution in [0.15, 0.2) is 24.3 Å². The van der Waals surface area contributed by atoms with Gasteiger partial charge in [-0.15, -0.1) is 0 Å². The molecule has 3 nitrogen and oxygen atoms in total. The number of aliphatic hydroxyl groups excluding tert-OH is 1. The van der Waals surface area contributed by atoms with E-state index >= 15 is 0 Å². The molecule has 2 unspecified atom stereocenters. The van der Waals surface area contributed by atoms with Crippen molar-refractivity contribution in [3.8, 4) is 5.75 Å². The lowest BCUT2D eigenvalue weighted by Crippen LogP contribution is -2.31. The van der Waals surface area contributed by atoms with E-state index < -0.39 is 6.10 Å². The van der Waals surface area contributed by atoms with Gasteiger partial charge in [-0.05, 0) is 63.4 Å². The average molecular weight is 319 g/mol. The van der Waals surface area contributed by atoms with Gasteiger partial charge in [0, 0.05) is 6.04 Å². The summed E-state index contributed by atoms with van der Waals surface area (Å²) in [5.41, 5.74) is 0.980. The second kappa shape index (κ2) is 9.94. The van der Waals surface area contributed by atoms with E-state index in [1.165, 1.54) is 51.6 Å². The van der Waals surface area contributed by atoms with Crippen LogP contribution >= 0.6 is 0 Å². The summed E-state index contributed by atoms with van der Waals surface area (Å²) in [5, 5.41) is 10.6. The lowest BCUT2D eigenvalue weighted by Gasteiger charge is -2.26. The number of nitrogens with zero attached hydrogens (tertiary/aromatic N) is 1. The highest BCUT2D eigenvalue weighted by atomic mass is 16.5. The first-order valence-electron chi connectivity index (χ1n) is 9.39. The summed E-state index contributed by atoms with van der Waals surface area (Å²) >= 11 is 0. The molecule has 0 saturated carbocycles. The Morgan fingerprint density at radius 1 is 1.26 bits per heavy atom. The number of likely N-dealkylation sites (tertiary alicyclic amines) is 1. The van der Waals surface area contributed by atoms with Crippen LogP contribution in [-0.2, 0) is 0 Å². The zero-order chi connectivity index (χ0) is 16.5. The van der Waals surface area contributed by atoms with Crippen molar-refractivity contribution in [3.05, 3.63) is 29.8 Å². The Kier molecular flexibility index (Phi) is 7.90. The van der Waals surface area contributed by atoms with Gasteiger partial charge >= 0.3 is 0 Å². The molecule has 130 valence electrons. The number of benzene rings is 1. The van der Waals surface area contributed by atoms with Gasteiger partial charge in [-0.1, -0.05) is 38.3 Å². The summed E-state index contributed by atoms with van der Waals surface area (Å²) < 4.78 is 5.54. The van der Waals surface area contributed by atoms with E-state index in [1.807, 2.05) is 31.2 Å². The fourth-order valence-corrected chi connectivity index (χ4v) is 3.57. The van der Waals surface area contributed by atoms with Crippen molar-refractivity contribution >= 4 is 0 Å². The van der Waals surface area contributed by atoms with E-state index in [9.17, 15) is 5.11 Å². The van der Waals surface area contributed by atoms with Crippen molar-refractivity contribution in [1.82, 2.24) is 4.90 Å². The molecule has 1 heterocycles. The Hall–Kier alpha value is -1.06. The standard InChI is InChI=1S/C20H33NO2/c1-3-5-6-7-13-21-14-9-11-18(21)16-20(22)17-10-8-12-19(15-17)23-4-2/h8,10,12,15,18,20,22H,3-7,9,11,13-14,16H2,1-2H3. The highest BCUT2D eigenvalue weighted by Gasteiger charge is 2.26. The van der Waals surface area contributed by atoms with Crippen LogP contribution in [0.4, 0.5) is 0 Å². The minimum atomic E-state index is -0.392. The first-order valence-corrected chi connectivity index (χ1v) is 9.39. The van der Waals surface area contributed by atoms with Crippen molar-refractivity contribution in [3.63, 3.8) is 0 Å². The molecule has 2 rings (SSSR count). The molecule has 1 aliphatic rings. The Morgan fingerprint density at radius 2 is 2.13 bits per heavy atom. The second-order valence-corrected chi connectivity index (χ2v) is 6.65. The van der Waals surface area contributed by atoms with E-state index in [4.69, 9.17) is 4.74 Å². The van der Waals surface area contributed by atoms with Gasteiger partial charge in [0.25, 0.3) is 0 Å². The molecule has 0 bridgehead atoms. The minimum Gasteiger partial charge on any atom is -0.494 e. The van der Waals surface area contributed by atoms with Crippen LogP contribution in [0.2, 0.25) is 0 Å². The zero-order valence-corrected chi connectivity index (χ0v) is 14.8. The second-order valence-electron chi connectivity index (χ2n) is 6.65. The zero-order valence-electron chi connectivity index (χ0n) is 14.8. The van der Waals surface area contributed by atoms with E-state index in [-0.39, 0.29) is 0 Å². The van der Waals surface area contributed by atoms with Gasteiger partial charge in [-0.3, -0.25) is 0 Å². The first-order chi connectivity index (χ1) is 11.2. The maximum absolute atomic E-state index is 10.6. The van der Waals surface area contributed by atoms with E-state index in [0.29, 0.717) is 12.6 Å². The van der Waals surface area contributed by atoms with Gasteiger partial charge in [0.15, 0.2) is 0 Å². The summed E-state index contributed by atoms with van der Waals surface area (Å²) in [6, 6.07) is 8.45. The largest absolute Gasteiger partial charge is 0.494 e. The number of unbranched alkanes of at least 4 members (excludes halogenated alkanes) is 3. The third-order valence-corrected chi connectivity index (χ3v) is 4.85. The first kappa shape index (κ1) is 18.3. The number of rotatable bonds is 10. The highest BCUT2D eigenvalue weighted by Crippen LogP contribution is 2.29. The summed E-state index contributed by atoms with van der Waals surface area (Å²) in [5.74, 6) is 0.854. The quantitative estimate of drug-likeness (QED) is 0.642.